The molecule has 0 N–H and O–H groups in total. The number of carbonyl (C=O) groups excluding carboxylic acids is 2. The molecule has 2 heteroatoms. The SMILES string of the molecule is CC1=CC(=O)c2cc(-c3ccccc3)ccc2C1=O. The highest BCUT2D eigenvalue weighted by Crippen LogP contribution is 2.27. The molecule has 0 bridgehead atoms. The van der Waals surface area contributed by atoms with E-state index in [1.165, 1.54) is 6.08 Å². The van der Waals surface area contributed by atoms with Gasteiger partial charge in [0, 0.05) is 16.7 Å². The fourth-order valence-corrected chi connectivity index (χ4v) is 2.31. The molecule has 1 aliphatic rings. The van der Waals surface area contributed by atoms with Crippen LogP contribution in [0.15, 0.2) is 60.2 Å². The van der Waals surface area contributed by atoms with Crippen LogP contribution < -0.4 is 0 Å². The molecular formula is C17H12O2. The van der Waals surface area contributed by atoms with Crippen molar-refractivity contribution in [1.29, 1.82) is 0 Å². The third kappa shape index (κ3) is 1.91. The average Bonchev–Trinajstić information content (AvgIpc) is 2.45. The molecular weight excluding hydrogens is 236 g/mol. The van der Waals surface area contributed by atoms with E-state index in [1.54, 1.807) is 19.1 Å². The first-order valence-electron chi connectivity index (χ1n) is 6.13. The van der Waals surface area contributed by atoms with Crippen LogP contribution in [0, 0.1) is 0 Å². The van der Waals surface area contributed by atoms with Crippen LogP contribution in [0.3, 0.4) is 0 Å². The average molecular weight is 248 g/mol. The molecule has 2 aromatic rings. The van der Waals surface area contributed by atoms with E-state index >= 15 is 0 Å². The molecule has 92 valence electrons. The van der Waals surface area contributed by atoms with Crippen LogP contribution in [0.2, 0.25) is 0 Å². The highest BCUT2D eigenvalue weighted by molar-refractivity contribution is 6.24. The Balaban J connectivity index is 2.15. The van der Waals surface area contributed by atoms with Crippen LogP contribution >= 0.6 is 0 Å². The van der Waals surface area contributed by atoms with E-state index in [2.05, 4.69) is 0 Å². The van der Waals surface area contributed by atoms with Gasteiger partial charge in [-0.15, -0.1) is 0 Å². The second kappa shape index (κ2) is 4.32. The molecule has 0 radical (unpaired) electrons. The van der Waals surface area contributed by atoms with Crippen molar-refractivity contribution >= 4 is 11.6 Å². The van der Waals surface area contributed by atoms with Crippen LogP contribution in [0.25, 0.3) is 11.1 Å². The maximum absolute atomic E-state index is 12.0. The number of hydrogen-bond acceptors (Lipinski definition) is 2. The molecule has 3 rings (SSSR count). The summed E-state index contributed by atoms with van der Waals surface area (Å²) in [6.07, 6.45) is 1.42. The second-order valence-electron chi connectivity index (χ2n) is 4.65. The summed E-state index contributed by atoms with van der Waals surface area (Å²) in [7, 11) is 0. The van der Waals surface area contributed by atoms with E-state index < -0.39 is 0 Å². The molecule has 19 heavy (non-hydrogen) atoms. The summed E-state index contributed by atoms with van der Waals surface area (Å²) in [5, 5.41) is 0. The predicted molar refractivity (Wildman–Crippen MR) is 74.3 cm³/mol. The summed E-state index contributed by atoms with van der Waals surface area (Å²) in [5.74, 6) is -0.154. The lowest BCUT2D eigenvalue weighted by molar-refractivity contribution is 0.0984. The summed E-state index contributed by atoms with van der Waals surface area (Å²) >= 11 is 0. The number of ketones is 2. The third-order valence-electron chi connectivity index (χ3n) is 3.34. The smallest absolute Gasteiger partial charge is 0.189 e. The van der Waals surface area contributed by atoms with Crippen molar-refractivity contribution in [2.24, 2.45) is 0 Å². The van der Waals surface area contributed by atoms with Crippen molar-refractivity contribution in [2.75, 3.05) is 0 Å². The normalized spacial score (nSPS) is 14.1. The van der Waals surface area contributed by atoms with Gasteiger partial charge >= 0.3 is 0 Å². The van der Waals surface area contributed by atoms with Gasteiger partial charge in [0.2, 0.25) is 0 Å². The van der Waals surface area contributed by atoms with Gasteiger partial charge in [0.15, 0.2) is 11.6 Å². The molecule has 2 aromatic carbocycles. The molecule has 0 heterocycles. The first-order valence-corrected chi connectivity index (χ1v) is 6.13. The van der Waals surface area contributed by atoms with E-state index in [1.807, 2.05) is 36.4 Å². The highest BCUT2D eigenvalue weighted by Gasteiger charge is 2.23. The van der Waals surface area contributed by atoms with Gasteiger partial charge in [-0.1, -0.05) is 36.4 Å². The summed E-state index contributed by atoms with van der Waals surface area (Å²) in [4.78, 5) is 24.0. The Kier molecular flexibility index (Phi) is 2.64. The second-order valence-corrected chi connectivity index (χ2v) is 4.65. The zero-order valence-electron chi connectivity index (χ0n) is 10.5. The topological polar surface area (TPSA) is 34.1 Å². The van der Waals surface area contributed by atoms with Gasteiger partial charge in [0.1, 0.15) is 0 Å². The lowest BCUT2D eigenvalue weighted by Crippen LogP contribution is -2.15. The largest absolute Gasteiger partial charge is 0.289 e. The fourth-order valence-electron chi connectivity index (χ4n) is 2.31. The first kappa shape index (κ1) is 11.6. The predicted octanol–water partition coefficient (Wildman–Crippen LogP) is 3.68. The maximum Gasteiger partial charge on any atom is 0.189 e. The fraction of sp³-hybridized carbons (Fsp3) is 0.0588. The minimum absolute atomic E-state index is 0.0609. The summed E-state index contributed by atoms with van der Waals surface area (Å²) in [5.41, 5.74) is 3.50. The molecule has 0 atom stereocenters. The Bertz CT molecular complexity index is 709. The van der Waals surface area contributed by atoms with Crippen LogP contribution in [0.4, 0.5) is 0 Å². The van der Waals surface area contributed by atoms with Crippen molar-refractivity contribution in [3.8, 4) is 11.1 Å². The monoisotopic (exact) mass is 248 g/mol. The molecule has 0 amide bonds. The number of carbonyl (C=O) groups is 2. The van der Waals surface area contributed by atoms with Gasteiger partial charge in [-0.25, -0.2) is 0 Å². The highest BCUT2D eigenvalue weighted by atomic mass is 16.1. The number of benzene rings is 2. The molecule has 0 fully saturated rings. The van der Waals surface area contributed by atoms with Crippen molar-refractivity contribution in [2.45, 2.75) is 6.92 Å². The van der Waals surface area contributed by atoms with E-state index in [9.17, 15) is 9.59 Å². The summed E-state index contributed by atoms with van der Waals surface area (Å²) < 4.78 is 0. The van der Waals surface area contributed by atoms with Gasteiger partial charge in [-0.05, 0) is 36.3 Å². The Morgan fingerprint density at radius 2 is 1.53 bits per heavy atom. The standard InChI is InChI=1S/C17H12O2/c1-11-9-16(18)15-10-13(7-8-14(15)17(11)19)12-5-3-2-4-6-12/h2-10H,1H3. The first-order chi connectivity index (χ1) is 9.16. The minimum atomic E-state index is -0.0927. The van der Waals surface area contributed by atoms with Crippen LogP contribution in [-0.4, -0.2) is 11.6 Å². The molecule has 0 spiro atoms. The van der Waals surface area contributed by atoms with Crippen molar-refractivity contribution in [3.63, 3.8) is 0 Å². The number of hydrogen-bond donors (Lipinski definition) is 0. The Morgan fingerprint density at radius 3 is 2.26 bits per heavy atom. The lowest BCUT2D eigenvalue weighted by atomic mass is 9.88. The molecule has 0 saturated heterocycles. The van der Waals surface area contributed by atoms with E-state index in [-0.39, 0.29) is 11.6 Å². The number of rotatable bonds is 1. The number of Topliss-reactive ketones (excluding diaryl/α,β-unsaturated/α-hetero) is 1. The van der Waals surface area contributed by atoms with Crippen LogP contribution in [0.1, 0.15) is 27.6 Å². The Morgan fingerprint density at radius 1 is 0.789 bits per heavy atom. The summed E-state index contributed by atoms with van der Waals surface area (Å²) in [6, 6.07) is 15.2. The molecule has 2 nitrogen and oxygen atoms in total. The molecule has 0 aliphatic heterocycles. The molecule has 1 aliphatic carbocycles. The van der Waals surface area contributed by atoms with Crippen LogP contribution in [-0.2, 0) is 0 Å². The van der Waals surface area contributed by atoms with Crippen molar-refractivity contribution in [1.82, 2.24) is 0 Å². The number of allylic oxidation sites excluding steroid dienone is 2. The minimum Gasteiger partial charge on any atom is -0.289 e. The van der Waals surface area contributed by atoms with Gasteiger partial charge in [0.05, 0.1) is 0 Å². The van der Waals surface area contributed by atoms with Crippen LogP contribution in [0.5, 0.6) is 0 Å². The zero-order chi connectivity index (χ0) is 13.4. The molecule has 0 aromatic heterocycles. The van der Waals surface area contributed by atoms with Crippen molar-refractivity contribution < 1.29 is 9.59 Å². The van der Waals surface area contributed by atoms with E-state index in [0.29, 0.717) is 16.7 Å². The quantitative estimate of drug-likeness (QED) is 0.771. The van der Waals surface area contributed by atoms with Gasteiger partial charge < -0.3 is 0 Å². The zero-order valence-corrected chi connectivity index (χ0v) is 10.5. The Labute approximate surface area is 111 Å². The Hall–Kier alpha value is -2.48. The van der Waals surface area contributed by atoms with E-state index in [4.69, 9.17) is 0 Å². The van der Waals surface area contributed by atoms with E-state index in [0.717, 1.165) is 11.1 Å². The summed E-state index contributed by atoms with van der Waals surface area (Å²) in [6.45, 7) is 1.67. The van der Waals surface area contributed by atoms with Gasteiger partial charge in [-0.3, -0.25) is 9.59 Å². The number of fused-ring (bicyclic) bond motifs is 1. The van der Waals surface area contributed by atoms with Gasteiger partial charge in [0.25, 0.3) is 0 Å². The van der Waals surface area contributed by atoms with Gasteiger partial charge in [-0.2, -0.15) is 0 Å². The lowest BCUT2D eigenvalue weighted by Gasteiger charge is -2.13. The van der Waals surface area contributed by atoms with Crippen molar-refractivity contribution in [3.05, 3.63) is 71.3 Å². The third-order valence-corrected chi connectivity index (χ3v) is 3.34. The molecule has 0 saturated carbocycles. The molecule has 0 unspecified atom stereocenters. The maximum atomic E-state index is 12.0.